The Bertz CT molecular complexity index is 669. The highest BCUT2D eigenvalue weighted by atomic mass is 32.2. The van der Waals surface area contributed by atoms with E-state index in [0.29, 0.717) is 5.75 Å². The zero-order chi connectivity index (χ0) is 14.6. The first-order valence-corrected chi connectivity index (χ1v) is 7.73. The topological polar surface area (TPSA) is 55.4 Å². The first-order chi connectivity index (χ1) is 9.54. The minimum Gasteiger partial charge on any atom is -0.496 e. The van der Waals surface area contributed by atoms with Gasteiger partial charge in [-0.2, -0.15) is 0 Å². The summed E-state index contributed by atoms with van der Waals surface area (Å²) in [5.74, 6) is 0.663. The maximum absolute atomic E-state index is 12.3. The summed E-state index contributed by atoms with van der Waals surface area (Å²) in [6.07, 6.45) is 0. The second-order valence-corrected chi connectivity index (χ2v) is 6.11. The molecule has 0 radical (unpaired) electrons. The third kappa shape index (κ3) is 3.18. The van der Waals surface area contributed by atoms with Gasteiger partial charge in [-0.1, -0.05) is 36.4 Å². The van der Waals surface area contributed by atoms with Crippen LogP contribution in [0.3, 0.4) is 0 Å². The molecule has 0 bridgehead atoms. The number of hydrogen-bond acceptors (Lipinski definition) is 3. The van der Waals surface area contributed by atoms with Crippen LogP contribution in [0.4, 0.5) is 0 Å². The van der Waals surface area contributed by atoms with Crippen molar-refractivity contribution in [2.75, 3.05) is 7.11 Å². The van der Waals surface area contributed by atoms with Gasteiger partial charge in [0.1, 0.15) is 5.75 Å². The standard InChI is InChI=1S/C15H17NO3S/c1-12(14-10-6-7-11-15(14)19-2)16-20(17,18)13-8-4-3-5-9-13/h3-12,16H,1-2H3. The summed E-state index contributed by atoms with van der Waals surface area (Å²) in [4.78, 5) is 0.252. The summed E-state index contributed by atoms with van der Waals surface area (Å²) in [6.45, 7) is 1.79. The number of nitrogens with one attached hydrogen (secondary N) is 1. The molecule has 0 saturated heterocycles. The number of sulfonamides is 1. The van der Waals surface area contributed by atoms with Gasteiger partial charge in [0.05, 0.1) is 12.0 Å². The van der Waals surface area contributed by atoms with E-state index in [-0.39, 0.29) is 10.9 Å². The molecule has 0 aliphatic rings. The van der Waals surface area contributed by atoms with Crippen molar-refractivity contribution < 1.29 is 13.2 Å². The minimum atomic E-state index is -3.54. The van der Waals surface area contributed by atoms with Gasteiger partial charge in [0, 0.05) is 11.6 Å². The number of ether oxygens (including phenoxy) is 1. The zero-order valence-corrected chi connectivity index (χ0v) is 12.2. The third-order valence-corrected chi connectivity index (χ3v) is 4.55. The van der Waals surface area contributed by atoms with E-state index in [2.05, 4.69) is 4.72 Å². The number of benzene rings is 2. The van der Waals surface area contributed by atoms with Crippen molar-refractivity contribution in [3.63, 3.8) is 0 Å². The molecule has 0 fully saturated rings. The molecule has 0 saturated carbocycles. The van der Waals surface area contributed by atoms with Gasteiger partial charge in [0.25, 0.3) is 0 Å². The highest BCUT2D eigenvalue weighted by Gasteiger charge is 2.19. The van der Waals surface area contributed by atoms with Gasteiger partial charge < -0.3 is 4.74 Å². The summed E-state index contributed by atoms with van der Waals surface area (Å²) in [5.41, 5.74) is 0.800. The molecule has 2 aromatic rings. The quantitative estimate of drug-likeness (QED) is 0.921. The van der Waals surface area contributed by atoms with Crippen molar-refractivity contribution in [2.45, 2.75) is 17.9 Å². The van der Waals surface area contributed by atoms with E-state index < -0.39 is 10.0 Å². The summed E-state index contributed by atoms with van der Waals surface area (Å²) in [7, 11) is -1.97. The lowest BCUT2D eigenvalue weighted by atomic mass is 10.1. The zero-order valence-electron chi connectivity index (χ0n) is 11.4. The van der Waals surface area contributed by atoms with Gasteiger partial charge in [-0.15, -0.1) is 0 Å². The Morgan fingerprint density at radius 3 is 2.25 bits per heavy atom. The molecular weight excluding hydrogens is 274 g/mol. The molecular formula is C15H17NO3S. The summed E-state index contributed by atoms with van der Waals surface area (Å²) >= 11 is 0. The second kappa shape index (κ2) is 6.07. The largest absolute Gasteiger partial charge is 0.496 e. The molecule has 106 valence electrons. The normalized spacial score (nSPS) is 12.9. The van der Waals surface area contributed by atoms with Gasteiger partial charge in [0.15, 0.2) is 0 Å². The van der Waals surface area contributed by atoms with E-state index in [1.807, 2.05) is 24.3 Å². The Morgan fingerprint density at radius 2 is 1.60 bits per heavy atom. The van der Waals surface area contributed by atoms with E-state index in [0.717, 1.165) is 5.56 Å². The molecule has 0 aliphatic heterocycles. The fourth-order valence-corrected chi connectivity index (χ4v) is 3.23. The smallest absolute Gasteiger partial charge is 0.241 e. The van der Waals surface area contributed by atoms with Crippen LogP contribution >= 0.6 is 0 Å². The third-order valence-electron chi connectivity index (χ3n) is 2.99. The van der Waals surface area contributed by atoms with Crippen molar-refractivity contribution in [3.8, 4) is 5.75 Å². The molecule has 0 spiro atoms. The van der Waals surface area contributed by atoms with Crippen molar-refractivity contribution in [2.24, 2.45) is 0 Å². The van der Waals surface area contributed by atoms with Crippen LogP contribution in [0.5, 0.6) is 5.75 Å². The number of para-hydroxylation sites is 1. The lowest BCUT2D eigenvalue weighted by molar-refractivity contribution is 0.405. The number of hydrogen-bond donors (Lipinski definition) is 1. The van der Waals surface area contributed by atoms with E-state index in [9.17, 15) is 8.42 Å². The predicted octanol–water partition coefficient (Wildman–Crippen LogP) is 2.73. The van der Waals surface area contributed by atoms with Crippen LogP contribution in [-0.4, -0.2) is 15.5 Å². The molecule has 4 nitrogen and oxygen atoms in total. The van der Waals surface area contributed by atoms with Crippen molar-refractivity contribution in [1.82, 2.24) is 4.72 Å². The molecule has 0 heterocycles. The van der Waals surface area contributed by atoms with Crippen LogP contribution in [0.25, 0.3) is 0 Å². The summed E-state index contributed by atoms with van der Waals surface area (Å²) in [5, 5.41) is 0. The fraction of sp³-hybridized carbons (Fsp3) is 0.200. The van der Waals surface area contributed by atoms with E-state index in [1.54, 1.807) is 44.4 Å². The number of methoxy groups -OCH3 is 1. The molecule has 1 N–H and O–H groups in total. The van der Waals surface area contributed by atoms with Crippen molar-refractivity contribution in [3.05, 3.63) is 60.2 Å². The van der Waals surface area contributed by atoms with Crippen molar-refractivity contribution in [1.29, 1.82) is 0 Å². The maximum Gasteiger partial charge on any atom is 0.241 e. The van der Waals surface area contributed by atoms with Crippen LogP contribution in [0.2, 0.25) is 0 Å². The molecule has 5 heteroatoms. The lowest BCUT2D eigenvalue weighted by Gasteiger charge is -2.17. The molecule has 2 aromatic carbocycles. The van der Waals surface area contributed by atoms with Gasteiger partial charge in [-0.3, -0.25) is 0 Å². The molecule has 0 amide bonds. The Hall–Kier alpha value is -1.85. The van der Waals surface area contributed by atoms with Crippen LogP contribution in [0.15, 0.2) is 59.5 Å². The van der Waals surface area contributed by atoms with Crippen LogP contribution < -0.4 is 9.46 Å². The van der Waals surface area contributed by atoms with Gasteiger partial charge >= 0.3 is 0 Å². The highest BCUT2D eigenvalue weighted by Crippen LogP contribution is 2.25. The maximum atomic E-state index is 12.3. The van der Waals surface area contributed by atoms with E-state index in [4.69, 9.17) is 4.74 Å². The molecule has 1 unspecified atom stereocenters. The molecule has 0 aliphatic carbocycles. The Balaban J connectivity index is 2.26. The van der Waals surface area contributed by atoms with Crippen LogP contribution in [-0.2, 0) is 10.0 Å². The average Bonchev–Trinajstić information content (AvgIpc) is 2.47. The first-order valence-electron chi connectivity index (χ1n) is 6.25. The average molecular weight is 291 g/mol. The van der Waals surface area contributed by atoms with Gasteiger partial charge in [0.2, 0.25) is 10.0 Å². The molecule has 20 heavy (non-hydrogen) atoms. The Morgan fingerprint density at radius 1 is 1.00 bits per heavy atom. The first kappa shape index (κ1) is 14.6. The lowest BCUT2D eigenvalue weighted by Crippen LogP contribution is -2.27. The second-order valence-electron chi connectivity index (χ2n) is 4.40. The van der Waals surface area contributed by atoms with Crippen LogP contribution in [0.1, 0.15) is 18.5 Å². The molecule has 2 rings (SSSR count). The summed E-state index contributed by atoms with van der Waals surface area (Å²) in [6, 6.07) is 15.3. The monoisotopic (exact) mass is 291 g/mol. The van der Waals surface area contributed by atoms with E-state index in [1.165, 1.54) is 0 Å². The number of rotatable bonds is 5. The Labute approximate surface area is 119 Å². The van der Waals surface area contributed by atoms with Crippen molar-refractivity contribution >= 4 is 10.0 Å². The van der Waals surface area contributed by atoms with Gasteiger partial charge in [-0.05, 0) is 25.1 Å². The minimum absolute atomic E-state index is 0.252. The Kier molecular flexibility index (Phi) is 4.42. The van der Waals surface area contributed by atoms with Crippen LogP contribution in [0, 0.1) is 0 Å². The van der Waals surface area contributed by atoms with E-state index >= 15 is 0 Å². The molecule has 0 aromatic heterocycles. The SMILES string of the molecule is COc1ccccc1C(C)NS(=O)(=O)c1ccccc1. The predicted molar refractivity (Wildman–Crippen MR) is 78.2 cm³/mol. The van der Waals surface area contributed by atoms with Gasteiger partial charge in [-0.25, -0.2) is 13.1 Å². The summed E-state index contributed by atoms with van der Waals surface area (Å²) < 4.78 is 32.4. The fourth-order valence-electron chi connectivity index (χ4n) is 1.99. The highest BCUT2D eigenvalue weighted by molar-refractivity contribution is 7.89. The molecule has 1 atom stereocenters.